The minimum atomic E-state index is -1.93. The van der Waals surface area contributed by atoms with Crippen LogP contribution >= 0.6 is 0 Å². The molecule has 46 heavy (non-hydrogen) atoms. The first-order chi connectivity index (χ1) is 21.8. The number of halogens is 6. The van der Waals surface area contributed by atoms with E-state index in [1.165, 1.54) is 0 Å². The number of rotatable bonds is 13. The van der Waals surface area contributed by atoms with Crippen LogP contribution in [0, 0.1) is 34.9 Å². The van der Waals surface area contributed by atoms with Crippen molar-refractivity contribution in [2.45, 2.75) is 38.5 Å². The highest BCUT2D eigenvalue weighted by Gasteiger charge is 2.29. The monoisotopic (exact) mass is 653 g/mol. The van der Waals surface area contributed by atoms with Crippen LogP contribution in [0.3, 0.4) is 0 Å². The number of hydrogen-bond acceptors (Lipinski definition) is 7. The summed E-state index contributed by atoms with van der Waals surface area (Å²) < 4.78 is 92.4. The number of ketones is 1. The van der Waals surface area contributed by atoms with E-state index >= 15 is 0 Å². The Labute approximate surface area is 257 Å². The SMILES string of the molecule is C[C@H](NC(=O)C(=O)Nc1c(F)cccc1F)C(=O)N[C@@H](CCC(=O)OCc1ccccc1)C(=O)COc1c(F)c(F)cc(F)c1F. The highest BCUT2D eigenvalue weighted by Crippen LogP contribution is 2.26. The van der Waals surface area contributed by atoms with Crippen LogP contribution in [0.15, 0.2) is 54.6 Å². The van der Waals surface area contributed by atoms with Gasteiger partial charge in [0.05, 0.1) is 6.04 Å². The summed E-state index contributed by atoms with van der Waals surface area (Å²) in [5, 5.41) is 5.83. The maximum atomic E-state index is 14.0. The summed E-state index contributed by atoms with van der Waals surface area (Å²) >= 11 is 0. The molecule has 10 nitrogen and oxygen atoms in total. The maximum Gasteiger partial charge on any atom is 0.313 e. The summed E-state index contributed by atoms with van der Waals surface area (Å²) in [7, 11) is 0. The van der Waals surface area contributed by atoms with Crippen molar-refractivity contribution in [3.63, 3.8) is 0 Å². The first-order valence-corrected chi connectivity index (χ1v) is 13.3. The normalized spacial score (nSPS) is 12.0. The highest BCUT2D eigenvalue weighted by molar-refractivity contribution is 6.40. The summed E-state index contributed by atoms with van der Waals surface area (Å²) in [5.41, 5.74) is -0.279. The van der Waals surface area contributed by atoms with Crippen LogP contribution in [0.5, 0.6) is 5.75 Å². The molecule has 2 atom stereocenters. The average molecular weight is 654 g/mol. The van der Waals surface area contributed by atoms with Crippen LogP contribution in [0.2, 0.25) is 0 Å². The van der Waals surface area contributed by atoms with Crippen LogP contribution < -0.4 is 20.7 Å². The number of hydrogen-bond donors (Lipinski definition) is 3. The number of benzene rings is 3. The van der Waals surface area contributed by atoms with Gasteiger partial charge in [-0.05, 0) is 31.0 Å². The Morgan fingerprint density at radius 3 is 1.98 bits per heavy atom. The minimum Gasteiger partial charge on any atom is -0.479 e. The van der Waals surface area contributed by atoms with Crippen molar-refractivity contribution in [1.82, 2.24) is 10.6 Å². The number of amides is 3. The van der Waals surface area contributed by atoms with Gasteiger partial charge in [-0.1, -0.05) is 36.4 Å². The largest absolute Gasteiger partial charge is 0.479 e. The Kier molecular flexibility index (Phi) is 12.2. The number of anilines is 1. The van der Waals surface area contributed by atoms with Gasteiger partial charge in [0.1, 0.15) is 36.6 Å². The van der Waals surface area contributed by atoms with Gasteiger partial charge in [0.25, 0.3) is 0 Å². The molecule has 0 fully saturated rings. The number of carbonyl (C=O) groups excluding carboxylic acids is 5. The van der Waals surface area contributed by atoms with Gasteiger partial charge in [0.15, 0.2) is 23.2 Å². The molecule has 16 heteroatoms. The molecule has 0 saturated heterocycles. The van der Waals surface area contributed by atoms with Gasteiger partial charge in [0.2, 0.25) is 17.5 Å². The molecule has 3 N–H and O–H groups in total. The summed E-state index contributed by atoms with van der Waals surface area (Å²) in [6.45, 7) is -0.298. The van der Waals surface area contributed by atoms with Crippen molar-refractivity contribution < 1.29 is 59.8 Å². The second-order valence-electron chi connectivity index (χ2n) is 9.54. The molecule has 0 bridgehead atoms. The van der Waals surface area contributed by atoms with Crippen molar-refractivity contribution in [2.75, 3.05) is 11.9 Å². The molecule has 0 radical (unpaired) electrons. The third-order valence-electron chi connectivity index (χ3n) is 6.16. The van der Waals surface area contributed by atoms with Crippen molar-refractivity contribution in [2.24, 2.45) is 0 Å². The van der Waals surface area contributed by atoms with Gasteiger partial charge in [-0.25, -0.2) is 17.6 Å². The Morgan fingerprint density at radius 1 is 0.761 bits per heavy atom. The third kappa shape index (κ3) is 9.54. The van der Waals surface area contributed by atoms with E-state index in [2.05, 4.69) is 10.1 Å². The van der Waals surface area contributed by atoms with Gasteiger partial charge in [0, 0.05) is 12.5 Å². The fraction of sp³-hybridized carbons (Fsp3) is 0.233. The van der Waals surface area contributed by atoms with Crippen molar-refractivity contribution in [1.29, 1.82) is 0 Å². The standard InChI is InChI=1S/C30H25F6N3O7/c1-15(37-29(43)30(44)39-26-17(31)8-5-9-18(26)32)28(42)38-21(10-11-23(41)45-13-16-6-3-2-4-7-16)22(40)14-46-27-24(35)19(33)12-20(34)25(27)36/h2-9,12,15,21H,10-11,13-14H2,1H3,(H,37,43)(H,38,42)(H,39,44)/t15-,21-/m0/s1. The molecule has 0 unspecified atom stereocenters. The molecule has 244 valence electrons. The number of carbonyl (C=O) groups is 5. The lowest BCUT2D eigenvalue weighted by molar-refractivity contribution is -0.145. The van der Waals surface area contributed by atoms with Gasteiger partial charge in [-0.2, -0.15) is 8.78 Å². The van der Waals surface area contributed by atoms with E-state index in [0.29, 0.717) is 5.56 Å². The lowest BCUT2D eigenvalue weighted by Crippen LogP contribution is -2.52. The topological polar surface area (TPSA) is 140 Å². The zero-order valence-corrected chi connectivity index (χ0v) is 23.8. The Morgan fingerprint density at radius 2 is 1.37 bits per heavy atom. The predicted molar refractivity (Wildman–Crippen MR) is 147 cm³/mol. The molecular weight excluding hydrogens is 628 g/mol. The van der Waals surface area contributed by atoms with E-state index in [9.17, 15) is 50.3 Å². The molecule has 3 amide bonds. The van der Waals surface area contributed by atoms with Gasteiger partial charge in [-0.3, -0.25) is 24.0 Å². The van der Waals surface area contributed by atoms with Crippen LogP contribution in [0.4, 0.5) is 32.0 Å². The molecule has 0 aliphatic heterocycles. The fourth-order valence-corrected chi connectivity index (χ4v) is 3.72. The number of ether oxygens (including phenoxy) is 2. The smallest absolute Gasteiger partial charge is 0.313 e. The minimum absolute atomic E-state index is 0.0772. The lowest BCUT2D eigenvalue weighted by atomic mass is 10.1. The Hall–Kier alpha value is -5.41. The summed E-state index contributed by atoms with van der Waals surface area (Å²) in [4.78, 5) is 62.4. The van der Waals surface area contributed by atoms with Crippen molar-refractivity contribution >= 4 is 35.2 Å². The van der Waals surface area contributed by atoms with E-state index in [4.69, 9.17) is 4.74 Å². The van der Waals surface area contributed by atoms with E-state index < -0.39 is 107 Å². The first kappa shape index (κ1) is 35.1. The molecular formula is C30H25F6N3O7. The lowest BCUT2D eigenvalue weighted by Gasteiger charge is -2.21. The van der Waals surface area contributed by atoms with Crippen molar-refractivity contribution in [3.8, 4) is 5.75 Å². The van der Waals surface area contributed by atoms with Gasteiger partial charge < -0.3 is 25.4 Å². The van der Waals surface area contributed by atoms with E-state index in [1.54, 1.807) is 35.6 Å². The number of nitrogens with one attached hydrogen (secondary N) is 3. The first-order valence-electron chi connectivity index (χ1n) is 13.3. The number of Topliss-reactive ketones (excluding diaryl/α,β-unsaturated/α-hetero) is 1. The van der Waals surface area contributed by atoms with Crippen LogP contribution in [0.1, 0.15) is 25.3 Å². The summed E-state index contributed by atoms with van der Waals surface area (Å²) in [5.74, 6) is -17.5. The number of para-hydroxylation sites is 1. The molecule has 3 rings (SSSR count). The predicted octanol–water partition coefficient (Wildman–Crippen LogP) is 3.62. The Balaban J connectivity index is 1.67. The van der Waals surface area contributed by atoms with Gasteiger partial charge >= 0.3 is 17.8 Å². The molecule has 0 aliphatic carbocycles. The average Bonchev–Trinajstić information content (AvgIpc) is 3.02. The zero-order chi connectivity index (χ0) is 34.0. The number of esters is 1. The summed E-state index contributed by atoms with van der Waals surface area (Å²) in [6.07, 6.45) is -0.962. The van der Waals surface area contributed by atoms with Crippen LogP contribution in [-0.4, -0.2) is 48.2 Å². The van der Waals surface area contributed by atoms with E-state index in [1.807, 2.05) is 5.32 Å². The van der Waals surface area contributed by atoms with Gasteiger partial charge in [-0.15, -0.1) is 0 Å². The third-order valence-corrected chi connectivity index (χ3v) is 6.16. The molecule has 3 aromatic rings. The van der Waals surface area contributed by atoms with E-state index in [-0.39, 0.29) is 12.7 Å². The van der Waals surface area contributed by atoms with Crippen LogP contribution in [-0.2, 0) is 35.3 Å². The van der Waals surface area contributed by atoms with Crippen LogP contribution in [0.25, 0.3) is 0 Å². The molecule has 0 saturated carbocycles. The quantitative estimate of drug-likeness (QED) is 0.111. The fourth-order valence-electron chi connectivity index (χ4n) is 3.72. The molecule has 0 aliphatic rings. The highest BCUT2D eigenvalue weighted by atomic mass is 19.2. The maximum absolute atomic E-state index is 14.0. The second-order valence-corrected chi connectivity index (χ2v) is 9.54. The zero-order valence-electron chi connectivity index (χ0n) is 23.8. The second kappa shape index (κ2) is 16.1. The molecule has 3 aromatic carbocycles. The van der Waals surface area contributed by atoms with E-state index in [0.717, 1.165) is 25.1 Å². The molecule has 0 heterocycles. The molecule has 0 spiro atoms. The summed E-state index contributed by atoms with van der Waals surface area (Å²) in [6, 6.07) is 7.84. The Bertz CT molecular complexity index is 1580. The van der Waals surface area contributed by atoms with Crippen molar-refractivity contribution in [3.05, 3.63) is 95.1 Å². The molecule has 0 aromatic heterocycles.